The van der Waals surface area contributed by atoms with Gasteiger partial charge >= 0.3 is 0 Å². The maximum atomic E-state index is 6.16. The molecule has 1 aromatic carbocycles. The van der Waals surface area contributed by atoms with Crippen molar-refractivity contribution in [1.82, 2.24) is 10.2 Å². The molecule has 112 valence electrons. The Morgan fingerprint density at radius 2 is 2.05 bits per heavy atom. The fourth-order valence-electron chi connectivity index (χ4n) is 2.42. The molecule has 1 saturated heterocycles. The third kappa shape index (κ3) is 5.23. The minimum Gasteiger partial charge on any atom is -0.379 e. The van der Waals surface area contributed by atoms with E-state index in [1.807, 2.05) is 18.2 Å². The summed E-state index contributed by atoms with van der Waals surface area (Å²) in [4.78, 5) is 2.44. The van der Waals surface area contributed by atoms with Crippen LogP contribution in [0.25, 0.3) is 0 Å². The van der Waals surface area contributed by atoms with Gasteiger partial charge in [0.2, 0.25) is 0 Å². The highest BCUT2D eigenvalue weighted by atomic mass is 35.5. The molecular weight excluding hydrogens is 295 g/mol. The van der Waals surface area contributed by atoms with Crippen molar-refractivity contribution in [2.45, 2.75) is 19.4 Å². The summed E-state index contributed by atoms with van der Waals surface area (Å²) in [5, 5.41) is 5.07. The molecule has 0 saturated carbocycles. The highest BCUT2D eigenvalue weighted by Crippen LogP contribution is 2.20. The lowest BCUT2D eigenvalue weighted by atomic mass is 10.1. The van der Waals surface area contributed by atoms with Crippen molar-refractivity contribution in [3.05, 3.63) is 33.8 Å². The predicted molar refractivity (Wildman–Crippen MR) is 84.9 cm³/mol. The van der Waals surface area contributed by atoms with Gasteiger partial charge in [-0.25, -0.2) is 0 Å². The maximum absolute atomic E-state index is 6.16. The first-order valence-electron chi connectivity index (χ1n) is 7.12. The smallest absolute Gasteiger partial charge is 0.0594 e. The van der Waals surface area contributed by atoms with Crippen molar-refractivity contribution >= 4 is 23.2 Å². The molecule has 0 aliphatic carbocycles. The normalized spacial score (nSPS) is 18.1. The summed E-state index contributed by atoms with van der Waals surface area (Å²) in [6.07, 6.45) is 0.896. The van der Waals surface area contributed by atoms with Crippen molar-refractivity contribution in [2.75, 3.05) is 39.4 Å². The van der Waals surface area contributed by atoms with Crippen LogP contribution >= 0.6 is 23.2 Å². The Bertz CT molecular complexity index is 422. The van der Waals surface area contributed by atoms with Crippen molar-refractivity contribution in [3.63, 3.8) is 0 Å². The van der Waals surface area contributed by atoms with Gasteiger partial charge in [-0.05, 0) is 43.7 Å². The van der Waals surface area contributed by atoms with Crippen LogP contribution in [0.4, 0.5) is 0 Å². The van der Waals surface area contributed by atoms with E-state index in [0.29, 0.717) is 6.04 Å². The molecular formula is C15H22Cl2N2O. The summed E-state index contributed by atoms with van der Waals surface area (Å²) in [5.41, 5.74) is 1.10. The van der Waals surface area contributed by atoms with E-state index in [1.54, 1.807) is 0 Å². The summed E-state index contributed by atoms with van der Waals surface area (Å²) in [7, 11) is 0. The Labute approximate surface area is 131 Å². The molecule has 5 heteroatoms. The molecule has 1 fully saturated rings. The molecule has 1 atom stereocenters. The summed E-state index contributed by atoms with van der Waals surface area (Å²) in [6.45, 7) is 7.96. The fraction of sp³-hybridized carbons (Fsp3) is 0.600. The molecule has 20 heavy (non-hydrogen) atoms. The van der Waals surface area contributed by atoms with Crippen LogP contribution in [0.3, 0.4) is 0 Å². The lowest BCUT2D eigenvalue weighted by Crippen LogP contribution is -2.44. The number of nitrogens with one attached hydrogen (secondary N) is 1. The number of benzene rings is 1. The second-order valence-corrected chi connectivity index (χ2v) is 6.10. The Morgan fingerprint density at radius 1 is 1.30 bits per heavy atom. The van der Waals surface area contributed by atoms with Crippen LogP contribution in [0, 0.1) is 0 Å². The van der Waals surface area contributed by atoms with Crippen LogP contribution in [0.2, 0.25) is 10.0 Å². The van der Waals surface area contributed by atoms with Gasteiger partial charge < -0.3 is 10.1 Å². The number of halogens is 2. The van der Waals surface area contributed by atoms with Gasteiger partial charge in [-0.15, -0.1) is 0 Å². The summed E-state index contributed by atoms with van der Waals surface area (Å²) in [6, 6.07) is 6.09. The number of rotatable bonds is 6. The molecule has 0 radical (unpaired) electrons. The average molecular weight is 317 g/mol. The number of hydrogen-bond donors (Lipinski definition) is 1. The first-order chi connectivity index (χ1) is 9.65. The third-order valence-corrected chi connectivity index (χ3v) is 4.13. The van der Waals surface area contributed by atoms with Gasteiger partial charge in [0, 0.05) is 35.7 Å². The molecule has 3 nitrogen and oxygen atoms in total. The number of hydrogen-bond acceptors (Lipinski definition) is 3. The van der Waals surface area contributed by atoms with Gasteiger partial charge in [0.05, 0.1) is 13.2 Å². The molecule has 0 aromatic heterocycles. The van der Waals surface area contributed by atoms with Crippen LogP contribution < -0.4 is 5.32 Å². The average Bonchev–Trinajstić information content (AvgIpc) is 2.44. The minimum atomic E-state index is 0.464. The third-order valence-electron chi connectivity index (χ3n) is 3.53. The topological polar surface area (TPSA) is 24.5 Å². The second-order valence-electron chi connectivity index (χ2n) is 5.25. The molecule has 1 heterocycles. The SMILES string of the molecule is CC(CN1CCOCC1)NCCc1cc(Cl)ccc1Cl. The molecule has 1 aliphatic rings. The molecule has 1 N–H and O–H groups in total. The number of nitrogens with zero attached hydrogens (tertiary/aromatic N) is 1. The summed E-state index contributed by atoms with van der Waals surface area (Å²) in [5.74, 6) is 0. The van der Waals surface area contributed by atoms with Gasteiger partial charge in [-0.2, -0.15) is 0 Å². The molecule has 0 amide bonds. The van der Waals surface area contributed by atoms with Gasteiger partial charge in [0.25, 0.3) is 0 Å². The number of ether oxygens (including phenoxy) is 1. The quantitative estimate of drug-likeness (QED) is 0.873. The molecule has 1 aliphatic heterocycles. The Hall–Kier alpha value is -0.320. The molecule has 1 unspecified atom stereocenters. The Balaban J connectivity index is 1.70. The maximum Gasteiger partial charge on any atom is 0.0594 e. The second kappa shape index (κ2) is 8.20. The van der Waals surface area contributed by atoms with E-state index in [0.717, 1.165) is 61.4 Å². The van der Waals surface area contributed by atoms with Gasteiger partial charge in [0.15, 0.2) is 0 Å². The fourth-order valence-corrected chi connectivity index (χ4v) is 2.83. The lowest BCUT2D eigenvalue weighted by Gasteiger charge is -2.29. The van der Waals surface area contributed by atoms with Crippen molar-refractivity contribution in [2.24, 2.45) is 0 Å². The van der Waals surface area contributed by atoms with Gasteiger partial charge in [-0.3, -0.25) is 4.90 Å². The summed E-state index contributed by atoms with van der Waals surface area (Å²) < 4.78 is 5.36. The standard InChI is InChI=1S/C15H22Cl2N2O/c1-12(11-19-6-8-20-9-7-19)18-5-4-13-10-14(16)2-3-15(13)17/h2-3,10,12,18H,4-9,11H2,1H3. The van der Waals surface area contributed by atoms with Gasteiger partial charge in [-0.1, -0.05) is 23.2 Å². The van der Waals surface area contributed by atoms with Crippen LogP contribution in [0.5, 0.6) is 0 Å². The minimum absolute atomic E-state index is 0.464. The zero-order valence-electron chi connectivity index (χ0n) is 11.9. The van der Waals surface area contributed by atoms with E-state index in [1.165, 1.54) is 0 Å². The predicted octanol–water partition coefficient (Wildman–Crippen LogP) is 2.85. The van der Waals surface area contributed by atoms with E-state index >= 15 is 0 Å². The highest BCUT2D eigenvalue weighted by Gasteiger charge is 2.13. The lowest BCUT2D eigenvalue weighted by molar-refractivity contribution is 0.0344. The van der Waals surface area contributed by atoms with Crippen LogP contribution in [-0.2, 0) is 11.2 Å². The zero-order chi connectivity index (χ0) is 14.4. The molecule has 0 spiro atoms. The largest absolute Gasteiger partial charge is 0.379 e. The molecule has 0 bridgehead atoms. The van der Waals surface area contributed by atoms with Crippen LogP contribution in [0.15, 0.2) is 18.2 Å². The summed E-state index contributed by atoms with van der Waals surface area (Å²) >= 11 is 12.1. The van der Waals surface area contributed by atoms with E-state index in [9.17, 15) is 0 Å². The molecule has 2 rings (SSSR count). The number of morpholine rings is 1. The van der Waals surface area contributed by atoms with Crippen LogP contribution in [0.1, 0.15) is 12.5 Å². The first-order valence-corrected chi connectivity index (χ1v) is 7.88. The Morgan fingerprint density at radius 3 is 2.80 bits per heavy atom. The first kappa shape index (κ1) is 16.1. The van der Waals surface area contributed by atoms with Crippen molar-refractivity contribution in [3.8, 4) is 0 Å². The van der Waals surface area contributed by atoms with E-state index in [2.05, 4.69) is 17.1 Å². The van der Waals surface area contributed by atoms with Crippen LogP contribution in [-0.4, -0.2) is 50.3 Å². The Kier molecular flexibility index (Phi) is 6.59. The molecule has 1 aromatic rings. The zero-order valence-corrected chi connectivity index (χ0v) is 13.4. The highest BCUT2D eigenvalue weighted by molar-refractivity contribution is 6.33. The van der Waals surface area contributed by atoms with E-state index < -0.39 is 0 Å². The van der Waals surface area contributed by atoms with Gasteiger partial charge in [0.1, 0.15) is 0 Å². The monoisotopic (exact) mass is 316 g/mol. The van der Waals surface area contributed by atoms with E-state index in [4.69, 9.17) is 27.9 Å². The van der Waals surface area contributed by atoms with E-state index in [-0.39, 0.29) is 0 Å². The van der Waals surface area contributed by atoms with Crippen molar-refractivity contribution in [1.29, 1.82) is 0 Å². The van der Waals surface area contributed by atoms with Crippen molar-refractivity contribution < 1.29 is 4.74 Å².